The fraction of sp³-hybridized carbons (Fsp3) is 0.455. The van der Waals surface area contributed by atoms with E-state index in [4.69, 9.17) is 0 Å². The summed E-state index contributed by atoms with van der Waals surface area (Å²) in [5, 5.41) is 0. The molecule has 76 valence electrons. The monoisotopic (exact) mass is 192 g/mol. The number of hydrogen-bond acceptors (Lipinski definition) is 3. The fourth-order valence-electron chi connectivity index (χ4n) is 1.11. The molecule has 0 radical (unpaired) electrons. The van der Waals surface area contributed by atoms with Crippen molar-refractivity contribution in [2.45, 2.75) is 13.8 Å². The molecule has 14 heavy (non-hydrogen) atoms. The van der Waals surface area contributed by atoms with Crippen LogP contribution in [0.5, 0.6) is 0 Å². The Kier molecular flexibility index (Phi) is 3.23. The van der Waals surface area contributed by atoms with Gasteiger partial charge in [-0.05, 0) is 12.1 Å². The van der Waals surface area contributed by atoms with Crippen molar-refractivity contribution in [2.24, 2.45) is 5.92 Å². The molecule has 3 heteroatoms. The van der Waals surface area contributed by atoms with Crippen molar-refractivity contribution < 1.29 is 4.79 Å². The van der Waals surface area contributed by atoms with Crippen LogP contribution in [0.25, 0.3) is 0 Å². The van der Waals surface area contributed by atoms with Crippen LogP contribution in [0.15, 0.2) is 18.2 Å². The highest BCUT2D eigenvalue weighted by Crippen LogP contribution is 2.11. The van der Waals surface area contributed by atoms with Gasteiger partial charge in [-0.25, -0.2) is 4.98 Å². The Morgan fingerprint density at radius 1 is 1.36 bits per heavy atom. The highest BCUT2D eigenvalue weighted by atomic mass is 16.1. The zero-order valence-electron chi connectivity index (χ0n) is 9.11. The van der Waals surface area contributed by atoms with E-state index in [0.29, 0.717) is 5.69 Å². The molecule has 1 heterocycles. The molecule has 0 atom stereocenters. The lowest BCUT2D eigenvalue weighted by Gasteiger charge is -2.12. The molecular weight excluding hydrogens is 176 g/mol. The van der Waals surface area contributed by atoms with Gasteiger partial charge in [-0.3, -0.25) is 4.79 Å². The van der Waals surface area contributed by atoms with E-state index in [9.17, 15) is 4.79 Å². The summed E-state index contributed by atoms with van der Waals surface area (Å²) < 4.78 is 0. The van der Waals surface area contributed by atoms with Gasteiger partial charge >= 0.3 is 0 Å². The van der Waals surface area contributed by atoms with Gasteiger partial charge in [0.2, 0.25) is 0 Å². The zero-order valence-corrected chi connectivity index (χ0v) is 9.11. The van der Waals surface area contributed by atoms with Gasteiger partial charge in [-0.15, -0.1) is 0 Å². The van der Waals surface area contributed by atoms with Crippen LogP contribution in [0.4, 0.5) is 5.82 Å². The summed E-state index contributed by atoms with van der Waals surface area (Å²) in [6, 6.07) is 5.50. The van der Waals surface area contributed by atoms with E-state index in [2.05, 4.69) is 4.98 Å². The molecule has 0 fully saturated rings. The van der Waals surface area contributed by atoms with Crippen LogP contribution in [0.3, 0.4) is 0 Å². The summed E-state index contributed by atoms with van der Waals surface area (Å²) in [4.78, 5) is 17.8. The predicted octanol–water partition coefficient (Wildman–Crippen LogP) is 1.99. The van der Waals surface area contributed by atoms with Crippen LogP contribution in [-0.4, -0.2) is 24.9 Å². The molecule has 1 rings (SSSR count). The molecule has 0 aliphatic heterocycles. The summed E-state index contributed by atoms with van der Waals surface area (Å²) in [6.45, 7) is 3.76. The first-order chi connectivity index (χ1) is 6.52. The van der Waals surface area contributed by atoms with Crippen molar-refractivity contribution in [3.05, 3.63) is 23.9 Å². The number of hydrogen-bond donors (Lipinski definition) is 0. The molecule has 0 unspecified atom stereocenters. The number of anilines is 1. The standard InChI is InChI=1S/C11H16N2O/c1-8(2)11(14)9-6-5-7-10(12-9)13(3)4/h5-8H,1-4H3. The number of carbonyl (C=O) groups is 1. The lowest BCUT2D eigenvalue weighted by molar-refractivity contribution is 0.0934. The van der Waals surface area contributed by atoms with E-state index in [-0.39, 0.29) is 11.7 Å². The normalized spacial score (nSPS) is 10.4. The minimum absolute atomic E-state index is 0.0000813. The Morgan fingerprint density at radius 3 is 2.50 bits per heavy atom. The number of pyridine rings is 1. The van der Waals surface area contributed by atoms with E-state index >= 15 is 0 Å². The lowest BCUT2D eigenvalue weighted by atomic mass is 10.1. The van der Waals surface area contributed by atoms with Crippen molar-refractivity contribution in [3.63, 3.8) is 0 Å². The third-order valence-electron chi connectivity index (χ3n) is 1.97. The van der Waals surface area contributed by atoms with Gasteiger partial charge in [0.15, 0.2) is 5.78 Å². The summed E-state index contributed by atoms with van der Waals surface area (Å²) >= 11 is 0. The van der Waals surface area contributed by atoms with Crippen molar-refractivity contribution in [1.29, 1.82) is 0 Å². The van der Waals surface area contributed by atoms with Gasteiger partial charge in [0.1, 0.15) is 11.5 Å². The third-order valence-corrected chi connectivity index (χ3v) is 1.97. The Balaban J connectivity index is 3.00. The molecule has 0 spiro atoms. The molecule has 0 aliphatic carbocycles. The zero-order chi connectivity index (χ0) is 10.7. The maximum Gasteiger partial charge on any atom is 0.183 e. The van der Waals surface area contributed by atoms with Crippen molar-refractivity contribution >= 4 is 11.6 Å². The van der Waals surface area contributed by atoms with E-state index in [1.54, 1.807) is 6.07 Å². The average Bonchev–Trinajstić information content (AvgIpc) is 2.16. The molecule has 0 aromatic carbocycles. The molecule has 0 aliphatic rings. The second kappa shape index (κ2) is 4.22. The largest absolute Gasteiger partial charge is 0.363 e. The van der Waals surface area contributed by atoms with Crippen LogP contribution in [-0.2, 0) is 0 Å². The summed E-state index contributed by atoms with van der Waals surface area (Å²) in [5.41, 5.74) is 0.547. The average molecular weight is 192 g/mol. The molecule has 1 aromatic rings. The number of nitrogens with zero attached hydrogens (tertiary/aromatic N) is 2. The van der Waals surface area contributed by atoms with Crippen LogP contribution in [0, 0.1) is 5.92 Å². The number of ketones is 1. The number of carbonyl (C=O) groups excluding carboxylic acids is 1. The molecule has 0 amide bonds. The van der Waals surface area contributed by atoms with Crippen LogP contribution < -0.4 is 4.90 Å². The maximum absolute atomic E-state index is 11.6. The molecule has 0 N–H and O–H groups in total. The highest BCUT2D eigenvalue weighted by Gasteiger charge is 2.12. The SMILES string of the molecule is CC(C)C(=O)c1cccc(N(C)C)n1. The number of Topliss-reactive ketones (excluding diaryl/α,β-unsaturated/α-hetero) is 1. The van der Waals surface area contributed by atoms with E-state index in [1.165, 1.54) is 0 Å². The first kappa shape index (κ1) is 10.7. The lowest BCUT2D eigenvalue weighted by Crippen LogP contribution is -2.14. The van der Waals surface area contributed by atoms with Gasteiger partial charge < -0.3 is 4.90 Å². The van der Waals surface area contributed by atoms with Crippen LogP contribution in [0.2, 0.25) is 0 Å². The Bertz CT molecular complexity index is 332. The fourth-order valence-corrected chi connectivity index (χ4v) is 1.11. The molecule has 1 aromatic heterocycles. The Morgan fingerprint density at radius 2 is 2.00 bits per heavy atom. The molecule has 3 nitrogen and oxygen atoms in total. The van der Waals surface area contributed by atoms with Crippen molar-refractivity contribution in [3.8, 4) is 0 Å². The first-order valence-electron chi connectivity index (χ1n) is 4.71. The van der Waals surface area contributed by atoms with E-state index < -0.39 is 0 Å². The highest BCUT2D eigenvalue weighted by molar-refractivity contribution is 5.95. The van der Waals surface area contributed by atoms with Gasteiger partial charge in [0.25, 0.3) is 0 Å². The van der Waals surface area contributed by atoms with Gasteiger partial charge in [0, 0.05) is 20.0 Å². The van der Waals surface area contributed by atoms with Crippen LogP contribution in [0.1, 0.15) is 24.3 Å². The topological polar surface area (TPSA) is 33.2 Å². The maximum atomic E-state index is 11.6. The van der Waals surface area contributed by atoms with Gasteiger partial charge in [-0.2, -0.15) is 0 Å². The number of rotatable bonds is 3. The van der Waals surface area contributed by atoms with Crippen molar-refractivity contribution in [1.82, 2.24) is 4.98 Å². The Hall–Kier alpha value is -1.38. The Labute approximate surface area is 84.8 Å². The van der Waals surface area contributed by atoms with E-state index in [0.717, 1.165) is 5.82 Å². The second-order valence-corrected chi connectivity index (χ2v) is 3.79. The predicted molar refractivity (Wildman–Crippen MR) is 57.7 cm³/mol. The van der Waals surface area contributed by atoms with E-state index in [1.807, 2.05) is 45.0 Å². The summed E-state index contributed by atoms with van der Waals surface area (Å²) in [6.07, 6.45) is 0. The number of aromatic nitrogens is 1. The quantitative estimate of drug-likeness (QED) is 0.687. The first-order valence-corrected chi connectivity index (χ1v) is 4.71. The van der Waals surface area contributed by atoms with Gasteiger partial charge in [0.05, 0.1) is 0 Å². The van der Waals surface area contributed by atoms with Gasteiger partial charge in [-0.1, -0.05) is 19.9 Å². The van der Waals surface area contributed by atoms with Crippen LogP contribution >= 0.6 is 0 Å². The molecular formula is C11H16N2O. The smallest absolute Gasteiger partial charge is 0.183 e. The second-order valence-electron chi connectivity index (χ2n) is 3.79. The van der Waals surface area contributed by atoms with Crippen molar-refractivity contribution in [2.75, 3.05) is 19.0 Å². The molecule has 0 bridgehead atoms. The molecule has 0 saturated carbocycles. The molecule has 0 saturated heterocycles. The minimum atomic E-state index is -0.0000813. The summed E-state index contributed by atoms with van der Waals surface area (Å²) in [5.74, 6) is 0.908. The third kappa shape index (κ3) is 2.31. The minimum Gasteiger partial charge on any atom is -0.363 e. The summed E-state index contributed by atoms with van der Waals surface area (Å²) in [7, 11) is 3.82.